The minimum atomic E-state index is -2.47. The summed E-state index contributed by atoms with van der Waals surface area (Å²) in [5.41, 5.74) is 3.58. The van der Waals surface area contributed by atoms with Crippen molar-refractivity contribution in [2.24, 2.45) is 23.0 Å². The molecule has 3 aliphatic carbocycles. The molecule has 206 valence electrons. The van der Waals surface area contributed by atoms with E-state index < -0.39 is 64.3 Å². The van der Waals surface area contributed by atoms with Crippen molar-refractivity contribution in [3.63, 3.8) is 0 Å². The first-order chi connectivity index (χ1) is 17.5. The predicted octanol–water partition coefficient (Wildman–Crippen LogP) is 1.98. The zero-order valence-electron chi connectivity index (χ0n) is 22.8. The molecule has 1 amide bonds. The Morgan fingerprint density at radius 1 is 1.16 bits per heavy atom. The smallest absolute Gasteiger partial charge is 0.252 e. The summed E-state index contributed by atoms with van der Waals surface area (Å²) in [7, 11) is 3.09. The fourth-order valence-electron chi connectivity index (χ4n) is 6.55. The lowest BCUT2D eigenvalue weighted by Gasteiger charge is -2.53. The number of rotatable bonds is 5. The second-order valence-electron chi connectivity index (χ2n) is 12.4. The summed E-state index contributed by atoms with van der Waals surface area (Å²) in [6, 6.07) is 2.38. The van der Waals surface area contributed by atoms with Crippen LogP contribution in [0.4, 0.5) is 0 Å². The molecule has 9 heteroatoms. The van der Waals surface area contributed by atoms with Crippen LogP contribution >= 0.6 is 0 Å². The van der Waals surface area contributed by atoms with Crippen molar-refractivity contribution in [1.29, 1.82) is 0 Å². The Labute approximate surface area is 222 Å². The minimum absolute atomic E-state index is 0.106. The molecule has 0 unspecified atom stereocenters. The number of aromatic hydroxyl groups is 1. The van der Waals surface area contributed by atoms with Crippen LogP contribution in [0.2, 0.25) is 0 Å². The zero-order chi connectivity index (χ0) is 28.5. The van der Waals surface area contributed by atoms with E-state index in [4.69, 9.17) is 5.73 Å². The van der Waals surface area contributed by atoms with E-state index >= 15 is 0 Å². The number of phenolic OH excluding ortho intramolecular Hbond substituents is 1. The van der Waals surface area contributed by atoms with Crippen LogP contribution in [0.15, 0.2) is 29.4 Å². The highest BCUT2D eigenvalue weighted by Gasteiger charge is 2.64. The lowest BCUT2D eigenvalue weighted by atomic mass is 9.55. The zero-order valence-corrected chi connectivity index (χ0v) is 22.8. The third kappa shape index (κ3) is 4.17. The van der Waals surface area contributed by atoms with Gasteiger partial charge in [-0.1, -0.05) is 39.8 Å². The van der Waals surface area contributed by atoms with Crippen LogP contribution in [0.5, 0.6) is 5.75 Å². The Morgan fingerprint density at radius 3 is 2.34 bits per heavy atom. The van der Waals surface area contributed by atoms with E-state index in [-0.39, 0.29) is 22.3 Å². The van der Waals surface area contributed by atoms with Crippen LogP contribution in [0.3, 0.4) is 0 Å². The number of primary amides is 1. The second-order valence-corrected chi connectivity index (χ2v) is 12.4. The van der Waals surface area contributed by atoms with Gasteiger partial charge in [-0.2, -0.15) is 0 Å². The standard InChI is InChI=1S/C29H38N2O7/c1-13-15-10-9-14(8-7-11-28(2,3)4)22(32)18(15)24(34)19-17(13)25(35)20-21(31(5)6)23(33)16(27(30)37)12-29(20,38)26(19)36/h9-10,12-13,17,20-21,25,32,34-35,38H,7-8,11H2,1-6H3,(H2,30,37)/t13-,17+,20+,21-,25-,29-/m0/s1. The van der Waals surface area contributed by atoms with Gasteiger partial charge in [-0.3, -0.25) is 19.3 Å². The molecule has 0 radical (unpaired) electrons. The summed E-state index contributed by atoms with van der Waals surface area (Å²) in [5, 5.41) is 46.0. The van der Waals surface area contributed by atoms with Gasteiger partial charge < -0.3 is 26.2 Å². The normalized spacial score (nSPS) is 31.1. The number of likely N-dealkylation sites (N-methyl/N-ethyl adjacent to an activating group) is 1. The Kier molecular flexibility index (Phi) is 6.87. The third-order valence-electron chi connectivity index (χ3n) is 8.43. The van der Waals surface area contributed by atoms with Crippen LogP contribution in [0.1, 0.15) is 63.1 Å². The largest absolute Gasteiger partial charge is 0.507 e. The first-order valence-electron chi connectivity index (χ1n) is 13.0. The van der Waals surface area contributed by atoms with E-state index in [1.165, 1.54) is 4.90 Å². The van der Waals surface area contributed by atoms with Crippen LogP contribution in [0.25, 0.3) is 5.76 Å². The number of carbonyl (C=O) groups is 3. The molecule has 9 nitrogen and oxygen atoms in total. The maximum atomic E-state index is 14.0. The summed E-state index contributed by atoms with van der Waals surface area (Å²) in [4.78, 5) is 40.6. The number of hydrogen-bond donors (Lipinski definition) is 5. The molecule has 4 rings (SSSR count). The highest BCUT2D eigenvalue weighted by atomic mass is 16.3. The Balaban J connectivity index is 1.88. The first-order valence-corrected chi connectivity index (χ1v) is 13.0. The monoisotopic (exact) mass is 526 g/mol. The molecule has 1 fully saturated rings. The first kappa shape index (κ1) is 28.0. The van der Waals surface area contributed by atoms with E-state index in [0.29, 0.717) is 17.5 Å². The van der Waals surface area contributed by atoms with Crippen molar-refractivity contribution in [2.45, 2.75) is 70.6 Å². The molecule has 0 aromatic heterocycles. The second kappa shape index (κ2) is 9.32. The van der Waals surface area contributed by atoms with Crippen molar-refractivity contribution >= 4 is 23.2 Å². The van der Waals surface area contributed by atoms with Gasteiger partial charge in [-0.25, -0.2) is 0 Å². The number of phenols is 1. The van der Waals surface area contributed by atoms with Gasteiger partial charge in [-0.05, 0) is 61.9 Å². The molecule has 6 N–H and O–H groups in total. The Hall–Kier alpha value is -3.01. The fourth-order valence-corrected chi connectivity index (χ4v) is 6.55. The maximum absolute atomic E-state index is 14.0. The summed E-state index contributed by atoms with van der Waals surface area (Å²) >= 11 is 0. The quantitative estimate of drug-likeness (QED) is 0.364. The number of aryl methyl sites for hydroxylation is 1. The molecule has 0 aliphatic heterocycles. The highest BCUT2D eigenvalue weighted by Crippen LogP contribution is 2.55. The van der Waals surface area contributed by atoms with Crippen molar-refractivity contribution < 1.29 is 34.8 Å². The average molecular weight is 527 g/mol. The van der Waals surface area contributed by atoms with Gasteiger partial charge in [0.05, 0.1) is 23.3 Å². The van der Waals surface area contributed by atoms with E-state index in [9.17, 15) is 34.8 Å². The summed E-state index contributed by atoms with van der Waals surface area (Å²) < 4.78 is 0. The van der Waals surface area contributed by atoms with Crippen LogP contribution < -0.4 is 5.73 Å². The average Bonchev–Trinajstić information content (AvgIpc) is 2.80. The predicted molar refractivity (Wildman–Crippen MR) is 141 cm³/mol. The van der Waals surface area contributed by atoms with E-state index in [0.717, 1.165) is 18.9 Å². The van der Waals surface area contributed by atoms with Gasteiger partial charge in [-0.15, -0.1) is 0 Å². The Bertz CT molecular complexity index is 1270. The maximum Gasteiger partial charge on any atom is 0.252 e. The molecule has 1 aromatic rings. The van der Waals surface area contributed by atoms with Crippen LogP contribution in [0, 0.1) is 17.3 Å². The van der Waals surface area contributed by atoms with Crippen molar-refractivity contribution in [1.82, 2.24) is 4.90 Å². The molecule has 0 heterocycles. The number of benzene rings is 1. The Morgan fingerprint density at radius 2 is 1.79 bits per heavy atom. The molecule has 0 spiro atoms. The molecule has 3 aliphatic rings. The summed E-state index contributed by atoms with van der Waals surface area (Å²) in [6.45, 7) is 8.17. The van der Waals surface area contributed by atoms with E-state index in [1.807, 2.05) is 0 Å². The van der Waals surface area contributed by atoms with Gasteiger partial charge in [0.15, 0.2) is 17.2 Å². The molecule has 0 bridgehead atoms. The summed E-state index contributed by atoms with van der Waals surface area (Å²) in [6.07, 6.45) is 1.69. The van der Waals surface area contributed by atoms with Crippen molar-refractivity contribution in [3.8, 4) is 5.75 Å². The molecule has 1 aromatic carbocycles. The van der Waals surface area contributed by atoms with Gasteiger partial charge >= 0.3 is 0 Å². The topological polar surface area (TPSA) is 161 Å². The number of nitrogens with two attached hydrogens (primary N) is 1. The number of aliphatic hydroxyl groups is 3. The molecular weight excluding hydrogens is 488 g/mol. The molecule has 0 saturated heterocycles. The number of aliphatic hydroxyl groups excluding tert-OH is 2. The van der Waals surface area contributed by atoms with E-state index in [2.05, 4.69) is 20.8 Å². The number of nitrogens with zero attached hydrogens (tertiary/aromatic N) is 1. The number of ketones is 2. The van der Waals surface area contributed by atoms with Gasteiger partial charge in [0.2, 0.25) is 0 Å². The number of amides is 1. The third-order valence-corrected chi connectivity index (χ3v) is 8.43. The lowest BCUT2D eigenvalue weighted by molar-refractivity contribution is -0.160. The van der Waals surface area contributed by atoms with Crippen molar-refractivity contribution in [3.05, 3.63) is 46.0 Å². The number of carbonyl (C=O) groups excluding carboxylic acids is 3. The molecular formula is C29H38N2O7. The van der Waals surface area contributed by atoms with Gasteiger partial charge in [0.25, 0.3) is 5.91 Å². The van der Waals surface area contributed by atoms with Gasteiger partial charge in [0, 0.05) is 17.4 Å². The number of Topliss-reactive ketones (excluding diaryl/α,β-unsaturated/α-hetero) is 2. The highest BCUT2D eigenvalue weighted by molar-refractivity contribution is 6.24. The molecule has 1 saturated carbocycles. The number of hydrogen-bond acceptors (Lipinski definition) is 8. The SMILES string of the molecule is C[C@H]1c2ccc(CCCC(C)(C)C)c(O)c2C(O)=C2C(=O)[C@]3(O)C=C(C(N)=O)C(=O)[C@@H](N(C)C)[C@@H]3[C@@H](O)[C@@H]21. The fraction of sp³-hybridized carbons (Fsp3) is 0.552. The molecule has 6 atom stereocenters. The van der Waals surface area contributed by atoms with Crippen molar-refractivity contribution in [2.75, 3.05) is 14.1 Å². The van der Waals surface area contributed by atoms with E-state index in [1.54, 1.807) is 33.2 Å². The van der Waals surface area contributed by atoms with Gasteiger partial charge in [0.1, 0.15) is 11.5 Å². The number of fused-ring (bicyclic) bond motifs is 3. The lowest BCUT2D eigenvalue weighted by Crippen LogP contribution is -2.68. The van der Waals surface area contributed by atoms with Crippen LogP contribution in [-0.4, -0.2) is 74.6 Å². The molecule has 38 heavy (non-hydrogen) atoms. The minimum Gasteiger partial charge on any atom is -0.507 e. The summed E-state index contributed by atoms with van der Waals surface area (Å²) in [5.74, 6) is -6.17. The van der Waals surface area contributed by atoms with Crippen LogP contribution in [-0.2, 0) is 20.8 Å².